The van der Waals surface area contributed by atoms with Gasteiger partial charge in [-0.05, 0) is 137 Å². The van der Waals surface area contributed by atoms with Crippen molar-refractivity contribution in [1.29, 1.82) is 0 Å². The Balaban J connectivity index is 1.38. The van der Waals surface area contributed by atoms with Gasteiger partial charge in [0.2, 0.25) is 0 Å². The summed E-state index contributed by atoms with van der Waals surface area (Å²) in [5, 5.41) is 0. The number of anilines is 2. The lowest BCUT2D eigenvalue weighted by molar-refractivity contribution is 0.0299. The van der Waals surface area contributed by atoms with Crippen LogP contribution in [0.15, 0.2) is 78.6 Å². The topological polar surface area (TPSA) is 32.8 Å². The zero-order valence-electron chi connectivity index (χ0n) is 21.8. The second-order valence-electron chi connectivity index (χ2n) is 10.4. The molecule has 0 N–H and O–H groups in total. The monoisotopic (exact) mass is 788 g/mol. The first kappa shape index (κ1) is 28.3. The summed E-state index contributed by atoms with van der Waals surface area (Å²) in [6.45, 7) is 4.45. The molecule has 0 saturated carbocycles. The summed E-state index contributed by atoms with van der Waals surface area (Å²) >= 11 is 14.7. The van der Waals surface area contributed by atoms with Gasteiger partial charge in [0.15, 0.2) is 5.60 Å². The van der Waals surface area contributed by atoms with Gasteiger partial charge in [-0.15, -0.1) is 0 Å². The summed E-state index contributed by atoms with van der Waals surface area (Å²) in [6, 6.07) is 17.2. The van der Waals surface area contributed by atoms with Crippen LogP contribution in [-0.2, 0) is 10.3 Å². The molecule has 6 rings (SSSR count). The maximum absolute atomic E-state index is 13.3. The molecule has 4 nitrogen and oxygen atoms in total. The maximum atomic E-state index is 13.3. The third kappa shape index (κ3) is 5.37. The lowest BCUT2D eigenvalue weighted by Crippen LogP contribution is -2.21. The first-order valence-electron chi connectivity index (χ1n) is 13.5. The Labute approximate surface area is 269 Å². The molecular formula is C32H28Br4N2O2. The minimum atomic E-state index is -1.10. The number of benzene rings is 3. The van der Waals surface area contributed by atoms with Crippen LogP contribution in [0, 0.1) is 0 Å². The molecule has 3 aliphatic heterocycles. The Bertz CT molecular complexity index is 1420. The van der Waals surface area contributed by atoms with Crippen LogP contribution in [0.1, 0.15) is 52.7 Å². The van der Waals surface area contributed by atoms with E-state index in [4.69, 9.17) is 4.74 Å². The number of hydrogen-bond donors (Lipinski definition) is 0. The molecule has 3 aromatic rings. The normalized spacial score (nSPS) is 20.8. The van der Waals surface area contributed by atoms with Crippen LogP contribution in [0.25, 0.3) is 12.2 Å². The van der Waals surface area contributed by atoms with Crippen molar-refractivity contribution in [1.82, 2.24) is 0 Å². The fraction of sp³-hybridized carbons (Fsp3) is 0.281. The van der Waals surface area contributed by atoms with Crippen molar-refractivity contribution in [3.8, 4) is 0 Å². The molecule has 0 atom stereocenters. The average molecular weight is 792 g/mol. The zero-order chi connectivity index (χ0) is 27.9. The quantitative estimate of drug-likeness (QED) is 0.142. The lowest BCUT2D eigenvalue weighted by Gasteiger charge is -2.24. The van der Waals surface area contributed by atoms with Gasteiger partial charge in [-0.3, -0.25) is 0 Å². The largest absolute Gasteiger partial charge is 0.442 e. The van der Waals surface area contributed by atoms with Gasteiger partial charge in [-0.2, -0.15) is 0 Å². The summed E-state index contributed by atoms with van der Waals surface area (Å²) in [6.07, 6.45) is 13.0. The average Bonchev–Trinajstić information content (AvgIpc) is 3.75. The third-order valence-corrected chi connectivity index (χ3v) is 12.7. The van der Waals surface area contributed by atoms with E-state index in [9.17, 15) is 4.79 Å². The number of ether oxygens (including phenoxy) is 1. The van der Waals surface area contributed by atoms with E-state index in [-0.39, 0.29) is 5.97 Å². The molecule has 2 saturated heterocycles. The van der Waals surface area contributed by atoms with Crippen LogP contribution in [0.3, 0.4) is 0 Å². The molecule has 0 bridgehead atoms. The Hall–Kier alpha value is -1.87. The Kier molecular flexibility index (Phi) is 8.33. The lowest BCUT2D eigenvalue weighted by atomic mass is 9.90. The highest BCUT2D eigenvalue weighted by molar-refractivity contribution is 9.15. The molecule has 0 unspecified atom stereocenters. The zero-order valence-corrected chi connectivity index (χ0v) is 28.2. The van der Waals surface area contributed by atoms with Crippen molar-refractivity contribution in [3.63, 3.8) is 0 Å². The summed E-state index contributed by atoms with van der Waals surface area (Å²) in [7, 11) is 0. The number of esters is 1. The molecule has 0 aromatic heterocycles. The first-order valence-corrected chi connectivity index (χ1v) is 16.7. The highest BCUT2D eigenvalue weighted by Gasteiger charge is 2.46. The van der Waals surface area contributed by atoms with Crippen molar-refractivity contribution >= 4 is 93.2 Å². The summed E-state index contributed by atoms with van der Waals surface area (Å²) in [5.41, 5.74) is 4.75. The number of nitrogens with zero attached hydrogens (tertiary/aromatic N) is 2. The van der Waals surface area contributed by atoms with Crippen LogP contribution >= 0.6 is 63.7 Å². The number of hydrogen-bond acceptors (Lipinski definition) is 4. The molecule has 0 spiro atoms. The van der Waals surface area contributed by atoms with Crippen LogP contribution < -0.4 is 9.80 Å². The number of halogens is 4. The Morgan fingerprint density at radius 3 is 1.50 bits per heavy atom. The molecule has 0 amide bonds. The molecule has 3 aliphatic rings. The third-order valence-electron chi connectivity index (χ3n) is 7.90. The molecular weight excluding hydrogens is 764 g/mol. The Morgan fingerprint density at radius 1 is 0.625 bits per heavy atom. The van der Waals surface area contributed by atoms with Crippen LogP contribution in [0.4, 0.5) is 11.4 Å². The second-order valence-corrected chi connectivity index (χ2v) is 13.6. The number of carbonyl (C=O) groups is 1. The van der Waals surface area contributed by atoms with Crippen LogP contribution in [0.5, 0.6) is 0 Å². The predicted octanol–water partition coefficient (Wildman–Crippen LogP) is 9.73. The minimum Gasteiger partial charge on any atom is -0.442 e. The summed E-state index contributed by atoms with van der Waals surface area (Å²) in [4.78, 5) is 18.2. The van der Waals surface area contributed by atoms with Gasteiger partial charge >= 0.3 is 5.97 Å². The van der Waals surface area contributed by atoms with Crippen molar-refractivity contribution in [2.24, 2.45) is 0 Å². The van der Waals surface area contributed by atoms with Gasteiger partial charge in [0, 0.05) is 61.0 Å². The van der Waals surface area contributed by atoms with Crippen molar-refractivity contribution in [2.45, 2.75) is 31.3 Å². The fourth-order valence-electron chi connectivity index (χ4n) is 5.72. The molecule has 0 radical (unpaired) electrons. The fourth-order valence-corrected chi connectivity index (χ4v) is 8.31. The predicted molar refractivity (Wildman–Crippen MR) is 178 cm³/mol. The molecule has 3 aromatic carbocycles. The van der Waals surface area contributed by atoms with E-state index in [1.807, 2.05) is 24.3 Å². The summed E-state index contributed by atoms with van der Waals surface area (Å²) in [5.74, 6) is -0.376. The minimum absolute atomic E-state index is 0.376. The van der Waals surface area contributed by atoms with Gasteiger partial charge in [-0.25, -0.2) is 4.79 Å². The van der Waals surface area contributed by atoms with E-state index in [0.717, 1.165) is 56.3 Å². The Morgan fingerprint density at radius 2 is 1.05 bits per heavy atom. The molecule has 8 heteroatoms. The van der Waals surface area contributed by atoms with Gasteiger partial charge in [-0.1, -0.05) is 36.4 Å². The standard InChI is InChI=1S/C32H28Br4N2O2/c33-27-25-26(28(34)30(36)29(27)35)32(40-31(25)39,15-13-21-5-9-23(10-6-21)37-17-1-2-18-37)16-14-22-7-11-24(12-8-22)38-19-3-4-20-38/h5-16H,1-4,17-20H2. The second kappa shape index (κ2) is 11.8. The van der Waals surface area contributed by atoms with Crippen molar-refractivity contribution < 1.29 is 9.53 Å². The highest BCUT2D eigenvalue weighted by atomic mass is 79.9. The smallest absolute Gasteiger partial charge is 0.341 e. The van der Waals surface area contributed by atoms with Gasteiger partial charge in [0.25, 0.3) is 0 Å². The van der Waals surface area contributed by atoms with E-state index in [1.165, 1.54) is 37.1 Å². The maximum Gasteiger partial charge on any atom is 0.341 e. The van der Waals surface area contributed by atoms with E-state index in [2.05, 4.69) is 122 Å². The van der Waals surface area contributed by atoms with E-state index in [0.29, 0.717) is 10.0 Å². The number of fused-ring (bicyclic) bond motifs is 1. The SMILES string of the molecule is O=C1OC(C=Cc2ccc(N3CCCC3)cc2)(C=Cc2ccc(N3CCCC3)cc2)c2c(Br)c(Br)c(Br)c(Br)c21. The molecule has 2 fully saturated rings. The number of cyclic esters (lactones) is 1. The van der Waals surface area contributed by atoms with Gasteiger partial charge < -0.3 is 14.5 Å². The molecule has 40 heavy (non-hydrogen) atoms. The summed E-state index contributed by atoms with van der Waals surface area (Å²) < 4.78 is 9.22. The van der Waals surface area contributed by atoms with Crippen LogP contribution in [0.2, 0.25) is 0 Å². The van der Waals surface area contributed by atoms with Gasteiger partial charge in [0.1, 0.15) is 0 Å². The molecule has 0 aliphatic carbocycles. The van der Waals surface area contributed by atoms with Gasteiger partial charge in [0.05, 0.1) is 5.56 Å². The van der Waals surface area contributed by atoms with Crippen molar-refractivity contribution in [2.75, 3.05) is 36.0 Å². The first-order chi connectivity index (χ1) is 19.4. The highest BCUT2D eigenvalue weighted by Crippen LogP contribution is 2.52. The van der Waals surface area contributed by atoms with Crippen molar-refractivity contribution in [3.05, 3.63) is 101 Å². The van der Waals surface area contributed by atoms with Crippen LogP contribution in [-0.4, -0.2) is 32.1 Å². The van der Waals surface area contributed by atoms with E-state index in [1.54, 1.807) is 0 Å². The molecule has 206 valence electrons. The van der Waals surface area contributed by atoms with E-state index < -0.39 is 5.60 Å². The number of carbonyl (C=O) groups excluding carboxylic acids is 1. The van der Waals surface area contributed by atoms with E-state index >= 15 is 0 Å². The number of rotatable bonds is 6. The molecule has 3 heterocycles.